The van der Waals surface area contributed by atoms with E-state index in [1.807, 2.05) is 18.9 Å². The average molecular weight is 298 g/mol. The Hall–Kier alpha value is -0.650. The zero-order chi connectivity index (χ0) is 15.5. The summed E-state index contributed by atoms with van der Waals surface area (Å²) < 4.78 is 11.5. The van der Waals surface area contributed by atoms with Crippen LogP contribution in [0, 0.1) is 5.41 Å². The van der Waals surface area contributed by atoms with Crippen molar-refractivity contribution in [2.45, 2.75) is 58.3 Å². The molecule has 3 unspecified atom stereocenters. The molecule has 1 saturated carbocycles. The maximum atomic E-state index is 12.6. The molecule has 0 aromatic heterocycles. The summed E-state index contributed by atoms with van der Waals surface area (Å²) >= 11 is 0. The van der Waals surface area contributed by atoms with Crippen LogP contribution in [0.4, 0.5) is 0 Å². The minimum atomic E-state index is -0.332. The van der Waals surface area contributed by atoms with Gasteiger partial charge in [0.05, 0.1) is 12.7 Å². The highest BCUT2D eigenvalue weighted by atomic mass is 16.5. The van der Waals surface area contributed by atoms with Gasteiger partial charge < -0.3 is 19.7 Å². The Balaban J connectivity index is 2.04. The van der Waals surface area contributed by atoms with Gasteiger partial charge in [0.1, 0.15) is 6.10 Å². The van der Waals surface area contributed by atoms with Crippen LogP contribution in [0.15, 0.2) is 0 Å². The number of nitrogens with zero attached hydrogens (tertiary/aromatic N) is 1. The second-order valence-electron chi connectivity index (χ2n) is 6.15. The van der Waals surface area contributed by atoms with Gasteiger partial charge in [0, 0.05) is 38.2 Å². The Kier molecular flexibility index (Phi) is 5.63. The summed E-state index contributed by atoms with van der Waals surface area (Å²) in [5.74, 6) is 0.105. The third kappa shape index (κ3) is 2.96. The van der Waals surface area contributed by atoms with E-state index in [9.17, 15) is 4.79 Å². The molecule has 0 aromatic carbocycles. The normalized spacial score (nSPS) is 31.5. The molecule has 0 spiro atoms. The van der Waals surface area contributed by atoms with E-state index in [1.165, 1.54) is 0 Å². The minimum absolute atomic E-state index is 0.0997. The number of rotatable bonds is 6. The van der Waals surface area contributed by atoms with E-state index in [1.54, 1.807) is 0 Å². The molecule has 1 saturated heterocycles. The number of carbonyl (C=O) groups is 1. The predicted molar refractivity (Wildman–Crippen MR) is 82.2 cm³/mol. The quantitative estimate of drug-likeness (QED) is 0.806. The molecule has 0 radical (unpaired) electrons. The first kappa shape index (κ1) is 16.7. The van der Waals surface area contributed by atoms with Gasteiger partial charge in [-0.25, -0.2) is 0 Å². The molecule has 1 N–H and O–H groups in total. The van der Waals surface area contributed by atoms with Crippen molar-refractivity contribution in [2.75, 3.05) is 33.4 Å². The number of ether oxygens (including phenoxy) is 2. The van der Waals surface area contributed by atoms with Crippen LogP contribution in [-0.2, 0) is 14.3 Å². The van der Waals surface area contributed by atoms with Crippen molar-refractivity contribution in [3.63, 3.8) is 0 Å². The van der Waals surface area contributed by atoms with Crippen molar-refractivity contribution in [3.05, 3.63) is 0 Å². The zero-order valence-electron chi connectivity index (χ0n) is 13.9. The molecule has 1 amide bonds. The molecular formula is C16H30N2O3. The van der Waals surface area contributed by atoms with Gasteiger partial charge in [-0.1, -0.05) is 13.8 Å². The van der Waals surface area contributed by atoms with Crippen LogP contribution in [0.2, 0.25) is 0 Å². The lowest BCUT2D eigenvalue weighted by Crippen LogP contribution is -2.66. The van der Waals surface area contributed by atoms with Crippen molar-refractivity contribution in [1.29, 1.82) is 0 Å². The highest BCUT2D eigenvalue weighted by Crippen LogP contribution is 2.51. The molecular weight excluding hydrogens is 268 g/mol. The van der Waals surface area contributed by atoms with Gasteiger partial charge in [-0.2, -0.15) is 0 Å². The topological polar surface area (TPSA) is 50.8 Å². The Morgan fingerprint density at radius 1 is 1.38 bits per heavy atom. The van der Waals surface area contributed by atoms with E-state index >= 15 is 0 Å². The highest BCUT2D eigenvalue weighted by molar-refractivity contribution is 5.81. The first-order valence-electron chi connectivity index (χ1n) is 8.31. The lowest BCUT2D eigenvalue weighted by atomic mass is 9.58. The van der Waals surface area contributed by atoms with Crippen LogP contribution in [-0.4, -0.2) is 62.4 Å². The molecule has 5 heteroatoms. The summed E-state index contributed by atoms with van der Waals surface area (Å²) in [7, 11) is 1.92. The number of morpholine rings is 1. The summed E-state index contributed by atoms with van der Waals surface area (Å²) in [6.07, 6.45) is 2.97. The number of hydrogen-bond donors (Lipinski definition) is 1. The first-order chi connectivity index (χ1) is 10.1. The molecule has 1 heterocycles. The Labute approximate surface area is 128 Å². The first-order valence-corrected chi connectivity index (χ1v) is 8.31. The minimum Gasteiger partial charge on any atom is -0.378 e. The number of likely N-dealkylation sites (N-methyl/N-ethyl adjacent to an activating group) is 1. The molecule has 3 atom stereocenters. The fourth-order valence-corrected chi connectivity index (χ4v) is 3.99. The third-order valence-electron chi connectivity index (χ3n) is 5.44. The largest absolute Gasteiger partial charge is 0.378 e. The van der Waals surface area contributed by atoms with Crippen molar-refractivity contribution in [2.24, 2.45) is 5.41 Å². The van der Waals surface area contributed by atoms with Gasteiger partial charge in [-0.15, -0.1) is 0 Å². The lowest BCUT2D eigenvalue weighted by molar-refractivity contribution is -0.183. The van der Waals surface area contributed by atoms with E-state index in [2.05, 4.69) is 19.2 Å². The summed E-state index contributed by atoms with van der Waals surface area (Å²) in [6.45, 7) is 9.26. The molecule has 0 aromatic rings. The van der Waals surface area contributed by atoms with Gasteiger partial charge in [0.15, 0.2) is 0 Å². The fourth-order valence-electron chi connectivity index (χ4n) is 3.99. The van der Waals surface area contributed by atoms with Gasteiger partial charge in [0.25, 0.3) is 5.91 Å². The second-order valence-corrected chi connectivity index (χ2v) is 6.15. The number of carbonyl (C=O) groups excluding carboxylic acids is 1. The Morgan fingerprint density at radius 3 is 2.62 bits per heavy atom. The number of hydrogen-bond acceptors (Lipinski definition) is 4. The summed E-state index contributed by atoms with van der Waals surface area (Å²) in [5.41, 5.74) is 0.0997. The van der Waals surface area contributed by atoms with Crippen LogP contribution in [0.5, 0.6) is 0 Å². The van der Waals surface area contributed by atoms with Crippen LogP contribution in [0.1, 0.15) is 40.0 Å². The molecule has 1 aliphatic carbocycles. The lowest BCUT2D eigenvalue weighted by Gasteiger charge is -2.58. The van der Waals surface area contributed by atoms with Gasteiger partial charge >= 0.3 is 0 Å². The molecule has 2 rings (SSSR count). The van der Waals surface area contributed by atoms with E-state index in [0.717, 1.165) is 32.4 Å². The van der Waals surface area contributed by atoms with E-state index in [4.69, 9.17) is 9.47 Å². The van der Waals surface area contributed by atoms with E-state index < -0.39 is 0 Å². The van der Waals surface area contributed by atoms with E-state index in [-0.39, 0.29) is 29.6 Å². The van der Waals surface area contributed by atoms with Crippen molar-refractivity contribution in [1.82, 2.24) is 10.2 Å². The van der Waals surface area contributed by atoms with Crippen LogP contribution in [0.3, 0.4) is 0 Å². The summed E-state index contributed by atoms with van der Waals surface area (Å²) in [4.78, 5) is 14.6. The van der Waals surface area contributed by atoms with Crippen LogP contribution in [0.25, 0.3) is 0 Å². The maximum Gasteiger partial charge on any atom is 0.253 e. The second kappa shape index (κ2) is 7.07. The Morgan fingerprint density at radius 2 is 2.10 bits per heavy atom. The van der Waals surface area contributed by atoms with Crippen LogP contribution >= 0.6 is 0 Å². The fraction of sp³-hybridized carbons (Fsp3) is 0.938. The summed E-state index contributed by atoms with van der Waals surface area (Å²) in [5, 5.41) is 3.23. The number of nitrogens with one attached hydrogen (secondary N) is 1. The molecule has 1 aliphatic heterocycles. The van der Waals surface area contributed by atoms with Crippen molar-refractivity contribution < 1.29 is 14.3 Å². The van der Waals surface area contributed by atoms with Gasteiger partial charge in [-0.05, 0) is 26.2 Å². The SMILES string of the molecule is CCOC1CC(N(C)C(=O)C2CNCCO2)C1(CC)CC. The zero-order valence-corrected chi connectivity index (χ0v) is 13.9. The monoisotopic (exact) mass is 298 g/mol. The van der Waals surface area contributed by atoms with Gasteiger partial charge in [0.2, 0.25) is 0 Å². The molecule has 2 aliphatic rings. The third-order valence-corrected chi connectivity index (χ3v) is 5.44. The van der Waals surface area contributed by atoms with Crippen molar-refractivity contribution >= 4 is 5.91 Å². The molecule has 21 heavy (non-hydrogen) atoms. The van der Waals surface area contributed by atoms with Crippen molar-refractivity contribution in [3.8, 4) is 0 Å². The molecule has 2 fully saturated rings. The summed E-state index contributed by atoms with van der Waals surface area (Å²) in [6, 6.07) is 0.266. The number of amides is 1. The maximum absolute atomic E-state index is 12.6. The standard InChI is InChI=1S/C16H30N2O3/c1-5-16(6-2)13(10-14(16)20-7-3)18(4)15(19)12-11-17-8-9-21-12/h12-14,17H,5-11H2,1-4H3. The smallest absolute Gasteiger partial charge is 0.253 e. The van der Waals surface area contributed by atoms with E-state index in [0.29, 0.717) is 13.2 Å². The van der Waals surface area contributed by atoms with Gasteiger partial charge in [-0.3, -0.25) is 4.79 Å². The predicted octanol–water partition coefficient (Wildman–Crippen LogP) is 1.42. The average Bonchev–Trinajstić information content (AvgIpc) is 2.52. The Bertz CT molecular complexity index is 351. The van der Waals surface area contributed by atoms with Crippen LogP contribution < -0.4 is 5.32 Å². The molecule has 122 valence electrons. The molecule has 5 nitrogen and oxygen atoms in total. The highest BCUT2D eigenvalue weighted by Gasteiger charge is 2.56. The molecule has 0 bridgehead atoms.